The standard InChI is InChI=1S/C11H17NO2/c1-9(10-6-7-13-8-10)12-14-11-4-2-3-5-11/h6-9,11-12H,2-5H2,1H3. The highest BCUT2D eigenvalue weighted by Crippen LogP contribution is 2.21. The monoisotopic (exact) mass is 195 g/mol. The van der Waals surface area contributed by atoms with Crippen molar-refractivity contribution in [3.63, 3.8) is 0 Å². The van der Waals surface area contributed by atoms with E-state index in [2.05, 4.69) is 12.4 Å². The Kier molecular flexibility index (Phi) is 3.22. The maximum absolute atomic E-state index is 5.60. The fourth-order valence-corrected chi connectivity index (χ4v) is 1.79. The molecule has 0 amide bonds. The number of hydroxylamine groups is 1. The quantitative estimate of drug-likeness (QED) is 0.750. The zero-order valence-corrected chi connectivity index (χ0v) is 8.53. The molecule has 1 aromatic rings. The highest BCUT2D eigenvalue weighted by Gasteiger charge is 2.17. The molecule has 2 rings (SSSR count). The molecular weight excluding hydrogens is 178 g/mol. The zero-order chi connectivity index (χ0) is 9.80. The first-order chi connectivity index (χ1) is 6.86. The molecule has 3 heteroatoms. The van der Waals surface area contributed by atoms with E-state index in [1.807, 2.05) is 6.07 Å². The summed E-state index contributed by atoms with van der Waals surface area (Å²) >= 11 is 0. The van der Waals surface area contributed by atoms with E-state index in [0.717, 1.165) is 5.56 Å². The minimum Gasteiger partial charge on any atom is -0.472 e. The Morgan fingerprint density at radius 1 is 1.50 bits per heavy atom. The molecule has 3 nitrogen and oxygen atoms in total. The lowest BCUT2D eigenvalue weighted by Gasteiger charge is -2.16. The van der Waals surface area contributed by atoms with Gasteiger partial charge in [-0.3, -0.25) is 4.84 Å². The third-order valence-electron chi connectivity index (χ3n) is 2.76. The van der Waals surface area contributed by atoms with Crippen LogP contribution in [-0.4, -0.2) is 6.10 Å². The fourth-order valence-electron chi connectivity index (χ4n) is 1.79. The van der Waals surface area contributed by atoms with Gasteiger partial charge in [-0.2, -0.15) is 5.48 Å². The molecule has 1 N–H and O–H groups in total. The molecule has 0 radical (unpaired) electrons. The first-order valence-electron chi connectivity index (χ1n) is 5.29. The summed E-state index contributed by atoms with van der Waals surface area (Å²) < 4.78 is 5.01. The summed E-state index contributed by atoms with van der Waals surface area (Å²) in [6, 6.07) is 2.16. The molecule has 0 bridgehead atoms. The van der Waals surface area contributed by atoms with Gasteiger partial charge in [0.1, 0.15) is 0 Å². The second-order valence-electron chi connectivity index (χ2n) is 3.92. The maximum Gasteiger partial charge on any atom is 0.0951 e. The van der Waals surface area contributed by atoms with Gasteiger partial charge in [-0.15, -0.1) is 0 Å². The molecule has 78 valence electrons. The molecule has 1 fully saturated rings. The van der Waals surface area contributed by atoms with Gasteiger partial charge in [0, 0.05) is 5.56 Å². The van der Waals surface area contributed by atoms with E-state index in [-0.39, 0.29) is 6.04 Å². The molecule has 1 aliphatic carbocycles. The molecule has 0 saturated heterocycles. The molecule has 0 spiro atoms. The smallest absolute Gasteiger partial charge is 0.0951 e. The van der Waals surface area contributed by atoms with E-state index < -0.39 is 0 Å². The summed E-state index contributed by atoms with van der Waals surface area (Å²) in [6.45, 7) is 2.07. The average molecular weight is 195 g/mol. The lowest BCUT2D eigenvalue weighted by molar-refractivity contribution is -0.0377. The van der Waals surface area contributed by atoms with Crippen LogP contribution in [0.3, 0.4) is 0 Å². The molecule has 1 aliphatic rings. The van der Waals surface area contributed by atoms with Gasteiger partial charge in [-0.1, -0.05) is 12.8 Å². The van der Waals surface area contributed by atoms with Crippen LogP contribution in [0.15, 0.2) is 23.0 Å². The van der Waals surface area contributed by atoms with Crippen LogP contribution in [0.4, 0.5) is 0 Å². The third-order valence-corrected chi connectivity index (χ3v) is 2.76. The average Bonchev–Trinajstić information content (AvgIpc) is 2.87. The van der Waals surface area contributed by atoms with E-state index in [4.69, 9.17) is 9.25 Å². The van der Waals surface area contributed by atoms with Crippen molar-refractivity contribution in [2.24, 2.45) is 0 Å². The van der Waals surface area contributed by atoms with Crippen LogP contribution in [0.1, 0.15) is 44.2 Å². The van der Waals surface area contributed by atoms with Gasteiger partial charge in [0.25, 0.3) is 0 Å². The summed E-state index contributed by atoms with van der Waals surface area (Å²) in [6.07, 6.45) is 8.80. The molecule has 1 heterocycles. The van der Waals surface area contributed by atoms with E-state index in [1.165, 1.54) is 25.7 Å². The van der Waals surface area contributed by atoms with E-state index in [0.29, 0.717) is 6.10 Å². The van der Waals surface area contributed by atoms with E-state index in [9.17, 15) is 0 Å². The predicted octanol–water partition coefficient (Wildman–Crippen LogP) is 2.80. The second-order valence-corrected chi connectivity index (χ2v) is 3.92. The number of hydrogen-bond donors (Lipinski definition) is 1. The van der Waals surface area contributed by atoms with Gasteiger partial charge >= 0.3 is 0 Å². The highest BCUT2D eigenvalue weighted by molar-refractivity contribution is 5.09. The summed E-state index contributed by atoms with van der Waals surface area (Å²) in [5.41, 5.74) is 4.19. The molecule has 1 atom stereocenters. The minimum absolute atomic E-state index is 0.203. The number of rotatable bonds is 4. The Morgan fingerprint density at radius 3 is 2.93 bits per heavy atom. The third kappa shape index (κ3) is 2.36. The van der Waals surface area contributed by atoms with Gasteiger partial charge < -0.3 is 4.42 Å². The van der Waals surface area contributed by atoms with Gasteiger partial charge in [-0.05, 0) is 25.8 Å². The Hall–Kier alpha value is -0.800. The topological polar surface area (TPSA) is 34.4 Å². The van der Waals surface area contributed by atoms with Crippen LogP contribution in [-0.2, 0) is 4.84 Å². The Balaban J connectivity index is 1.74. The van der Waals surface area contributed by atoms with Crippen LogP contribution in [0.2, 0.25) is 0 Å². The van der Waals surface area contributed by atoms with Crippen molar-refractivity contribution < 1.29 is 9.25 Å². The molecule has 1 aromatic heterocycles. The van der Waals surface area contributed by atoms with E-state index >= 15 is 0 Å². The summed E-state index contributed by atoms with van der Waals surface area (Å²) in [5.74, 6) is 0. The molecule has 0 aromatic carbocycles. The summed E-state index contributed by atoms with van der Waals surface area (Å²) in [4.78, 5) is 5.60. The van der Waals surface area contributed by atoms with Crippen molar-refractivity contribution in [1.82, 2.24) is 5.48 Å². The van der Waals surface area contributed by atoms with Gasteiger partial charge in [0.15, 0.2) is 0 Å². The van der Waals surface area contributed by atoms with Gasteiger partial charge in [-0.25, -0.2) is 0 Å². The molecular formula is C11H17NO2. The Labute approximate surface area is 84.4 Å². The van der Waals surface area contributed by atoms with E-state index in [1.54, 1.807) is 12.5 Å². The molecule has 1 unspecified atom stereocenters. The molecule has 14 heavy (non-hydrogen) atoms. The van der Waals surface area contributed by atoms with Crippen molar-refractivity contribution in [1.29, 1.82) is 0 Å². The summed E-state index contributed by atoms with van der Waals surface area (Å²) in [5, 5.41) is 0. The SMILES string of the molecule is CC(NOC1CCCC1)c1ccoc1. The Morgan fingerprint density at radius 2 is 2.29 bits per heavy atom. The normalized spacial score (nSPS) is 20.1. The van der Waals surface area contributed by atoms with Crippen LogP contribution in [0.25, 0.3) is 0 Å². The van der Waals surface area contributed by atoms with Crippen molar-refractivity contribution >= 4 is 0 Å². The molecule has 1 saturated carbocycles. The van der Waals surface area contributed by atoms with Crippen LogP contribution in [0, 0.1) is 0 Å². The lowest BCUT2D eigenvalue weighted by atomic mass is 10.2. The number of nitrogens with one attached hydrogen (secondary N) is 1. The number of hydrogen-bond acceptors (Lipinski definition) is 3. The van der Waals surface area contributed by atoms with Crippen molar-refractivity contribution in [2.75, 3.05) is 0 Å². The summed E-state index contributed by atoms with van der Waals surface area (Å²) in [7, 11) is 0. The van der Waals surface area contributed by atoms with Gasteiger partial charge in [0.05, 0.1) is 24.7 Å². The lowest BCUT2D eigenvalue weighted by Crippen LogP contribution is -2.24. The van der Waals surface area contributed by atoms with Crippen LogP contribution < -0.4 is 5.48 Å². The predicted molar refractivity (Wildman–Crippen MR) is 53.6 cm³/mol. The van der Waals surface area contributed by atoms with Gasteiger partial charge in [0.2, 0.25) is 0 Å². The van der Waals surface area contributed by atoms with Crippen molar-refractivity contribution in [3.05, 3.63) is 24.2 Å². The fraction of sp³-hybridized carbons (Fsp3) is 0.636. The van der Waals surface area contributed by atoms with Crippen molar-refractivity contribution in [3.8, 4) is 0 Å². The first-order valence-corrected chi connectivity index (χ1v) is 5.29. The zero-order valence-electron chi connectivity index (χ0n) is 8.53. The largest absolute Gasteiger partial charge is 0.472 e. The first kappa shape index (κ1) is 9.74. The second kappa shape index (κ2) is 4.62. The van der Waals surface area contributed by atoms with Crippen LogP contribution >= 0.6 is 0 Å². The maximum atomic E-state index is 5.60. The van der Waals surface area contributed by atoms with Crippen LogP contribution in [0.5, 0.6) is 0 Å². The Bertz CT molecular complexity index is 252. The highest BCUT2D eigenvalue weighted by atomic mass is 16.7. The molecule has 0 aliphatic heterocycles. The number of furan rings is 1. The van der Waals surface area contributed by atoms with Crippen molar-refractivity contribution in [2.45, 2.75) is 44.8 Å². The minimum atomic E-state index is 0.203.